The smallest absolute Gasteiger partial charge is 0.414 e. The molecule has 0 radical (unpaired) electrons. The summed E-state index contributed by atoms with van der Waals surface area (Å²) in [4.78, 5) is 58.1. The van der Waals surface area contributed by atoms with Crippen molar-refractivity contribution in [2.45, 2.75) is 66.2 Å². The van der Waals surface area contributed by atoms with Gasteiger partial charge < -0.3 is 24.1 Å². The summed E-state index contributed by atoms with van der Waals surface area (Å²) in [5.74, 6) is -0.734. The van der Waals surface area contributed by atoms with Gasteiger partial charge in [-0.15, -0.1) is 0 Å². The number of ether oxygens (including phenoxy) is 3. The third-order valence-electron chi connectivity index (χ3n) is 6.68. The number of rotatable bonds is 0. The molecule has 0 saturated heterocycles. The second kappa shape index (κ2) is 16.3. The van der Waals surface area contributed by atoms with Gasteiger partial charge in [0.1, 0.15) is 47.1 Å². The Morgan fingerprint density at radius 3 is 2.22 bits per heavy atom. The van der Waals surface area contributed by atoms with Crippen molar-refractivity contribution in [2.75, 3.05) is 25.0 Å². The highest BCUT2D eigenvalue weighted by molar-refractivity contribution is 6.40. The van der Waals surface area contributed by atoms with E-state index in [2.05, 4.69) is 26.1 Å². The number of hydrogen-bond donors (Lipinski definition) is 3. The molecule has 7 rings (SSSR count). The lowest BCUT2D eigenvalue weighted by Gasteiger charge is -2.26. The van der Waals surface area contributed by atoms with Crippen LogP contribution in [0.15, 0.2) is 58.1 Å². The van der Waals surface area contributed by atoms with Gasteiger partial charge in [-0.2, -0.15) is 0 Å². The number of alkyl carbamates (subject to hydrolysis) is 1. The van der Waals surface area contributed by atoms with Gasteiger partial charge in [0.05, 0.1) is 22.3 Å². The van der Waals surface area contributed by atoms with Crippen molar-refractivity contribution >= 4 is 58.8 Å². The van der Waals surface area contributed by atoms with Gasteiger partial charge in [-0.3, -0.25) is 25.1 Å². The average molecular weight is 744 g/mol. The van der Waals surface area contributed by atoms with Crippen LogP contribution in [0, 0.1) is 6.92 Å². The van der Waals surface area contributed by atoms with Crippen LogP contribution in [-0.2, 0) is 20.8 Å². The lowest BCUT2D eigenvalue weighted by Crippen LogP contribution is -2.46. The Labute approximate surface area is 305 Å². The van der Waals surface area contributed by atoms with E-state index in [1.165, 1.54) is 17.0 Å². The van der Waals surface area contributed by atoms with Gasteiger partial charge in [-0.25, -0.2) is 14.6 Å². The van der Waals surface area contributed by atoms with Crippen molar-refractivity contribution in [1.82, 2.24) is 20.7 Å². The summed E-state index contributed by atoms with van der Waals surface area (Å²) in [6.45, 7) is 11.5. The Morgan fingerprint density at radius 1 is 0.941 bits per heavy atom. The minimum Gasteiger partial charge on any atom is -0.490 e. The Kier molecular flexibility index (Phi) is 12.4. The number of nitrogens with zero attached hydrogens (tertiary/aromatic N) is 3. The fraction of sp³-hybridized carbons (Fsp3) is 0.371. The molecule has 0 spiro atoms. The lowest BCUT2D eigenvalue weighted by atomic mass is 10.1. The van der Waals surface area contributed by atoms with Gasteiger partial charge >= 0.3 is 12.2 Å². The summed E-state index contributed by atoms with van der Waals surface area (Å²) in [6, 6.07) is 9.83. The molecular weight excluding hydrogens is 703 g/mol. The molecule has 0 saturated carbocycles. The topological polar surface area (TPSA) is 174 Å². The van der Waals surface area contributed by atoms with Crippen LogP contribution in [0.1, 0.15) is 63.2 Å². The Bertz CT molecular complexity index is 1820. The number of guanidine groups is 1. The van der Waals surface area contributed by atoms with Gasteiger partial charge in [0.25, 0.3) is 5.91 Å². The Balaban J connectivity index is 1.72. The van der Waals surface area contributed by atoms with Gasteiger partial charge in [0.15, 0.2) is 0 Å². The third-order valence-corrected chi connectivity index (χ3v) is 7.28. The standard InChI is InChI=1S/C35H40Cl2N6O8/c1-20-27-28(42-51-20)22-10-12-23(13-11-22)48-15-9-8-14-43(33(47)50-35(5,6)7)19-26(44)39-29-24(36)16-21(17-25(29)37)18-38-31(40-30(27)45)41-32(46)49-34(2,3)4/h8-13,16-17H,14-15,18-19H2,1-7H3,(H,39,44)(H2,38,40,41,45,46)/b9-8-. The van der Waals surface area contributed by atoms with Gasteiger partial charge in [0.2, 0.25) is 11.9 Å². The van der Waals surface area contributed by atoms with Crippen LogP contribution >= 0.6 is 23.2 Å². The number of anilines is 1. The molecular formula is C35H40Cl2N6O8. The number of amides is 4. The van der Waals surface area contributed by atoms with Crippen molar-refractivity contribution in [2.24, 2.45) is 4.99 Å². The quantitative estimate of drug-likeness (QED) is 0.207. The van der Waals surface area contributed by atoms with Gasteiger partial charge in [-0.1, -0.05) is 34.4 Å². The molecule has 14 nitrogen and oxygen atoms in total. The van der Waals surface area contributed by atoms with Gasteiger partial charge in [0, 0.05) is 12.1 Å². The van der Waals surface area contributed by atoms with Crippen molar-refractivity contribution in [1.29, 1.82) is 0 Å². The molecule has 0 atom stereocenters. The predicted molar refractivity (Wildman–Crippen MR) is 192 cm³/mol. The summed E-state index contributed by atoms with van der Waals surface area (Å²) in [6.07, 6.45) is 1.81. The van der Waals surface area contributed by atoms with Crippen LogP contribution in [-0.4, -0.2) is 70.9 Å². The molecule has 272 valence electrons. The van der Waals surface area contributed by atoms with E-state index in [0.29, 0.717) is 16.9 Å². The van der Waals surface area contributed by atoms with Gasteiger partial charge in [-0.05, 0) is 96.5 Å². The maximum Gasteiger partial charge on any atom is 0.414 e. The highest BCUT2D eigenvalue weighted by Crippen LogP contribution is 2.32. The van der Waals surface area contributed by atoms with Crippen LogP contribution < -0.4 is 20.7 Å². The lowest BCUT2D eigenvalue weighted by molar-refractivity contribution is -0.117. The number of carbonyl (C=O) groups is 4. The minimum absolute atomic E-state index is 0.0407. The summed E-state index contributed by atoms with van der Waals surface area (Å²) in [5, 5.41) is 12.0. The number of aliphatic imine (C=N–C) groups is 1. The summed E-state index contributed by atoms with van der Waals surface area (Å²) < 4.78 is 22.1. The number of aromatic nitrogens is 1. The van der Waals surface area contributed by atoms with E-state index in [0.717, 1.165) is 0 Å². The third kappa shape index (κ3) is 11.5. The van der Waals surface area contributed by atoms with E-state index in [9.17, 15) is 19.2 Å². The molecule has 0 aliphatic carbocycles. The normalized spacial score (nSPS) is 15.4. The summed E-state index contributed by atoms with van der Waals surface area (Å²) in [7, 11) is 0. The molecule has 3 N–H and O–H groups in total. The summed E-state index contributed by atoms with van der Waals surface area (Å²) in [5.41, 5.74) is -0.134. The Morgan fingerprint density at radius 2 is 1.59 bits per heavy atom. The molecule has 5 heterocycles. The molecule has 1 aromatic heterocycles. The molecule has 51 heavy (non-hydrogen) atoms. The molecule has 16 heteroatoms. The average Bonchev–Trinajstić information content (AvgIpc) is 3.40. The zero-order valence-electron chi connectivity index (χ0n) is 29.3. The van der Waals surface area contributed by atoms with E-state index in [-0.39, 0.29) is 65.0 Å². The number of carbonyl (C=O) groups excluding carboxylic acids is 4. The number of nitrogens with one attached hydrogen (secondary N) is 3. The fourth-order valence-corrected chi connectivity index (χ4v) is 5.16. The van der Waals surface area contributed by atoms with Crippen LogP contribution in [0.25, 0.3) is 11.3 Å². The van der Waals surface area contributed by atoms with Crippen molar-refractivity contribution < 1.29 is 37.9 Å². The first-order valence-electron chi connectivity index (χ1n) is 15.8. The molecule has 2 aromatic carbocycles. The first kappa shape index (κ1) is 38.7. The number of halogens is 2. The van der Waals surface area contributed by atoms with E-state index >= 15 is 0 Å². The van der Waals surface area contributed by atoms with E-state index in [1.54, 1.807) is 84.9 Å². The highest BCUT2D eigenvalue weighted by atomic mass is 35.5. The Hall–Kier alpha value is -5.08. The molecule has 4 aliphatic heterocycles. The largest absolute Gasteiger partial charge is 0.490 e. The molecule has 4 bridgehead atoms. The minimum atomic E-state index is -0.864. The number of aryl methyl sites for hydroxylation is 1. The second-order valence-electron chi connectivity index (χ2n) is 13.4. The first-order valence-corrected chi connectivity index (χ1v) is 16.6. The number of benzene rings is 2. The van der Waals surface area contributed by atoms with E-state index in [1.807, 2.05) is 0 Å². The van der Waals surface area contributed by atoms with Crippen LogP contribution in [0.3, 0.4) is 0 Å². The number of hydrogen-bond acceptors (Lipinski definition) is 10. The van der Waals surface area contributed by atoms with Crippen LogP contribution in [0.2, 0.25) is 10.0 Å². The summed E-state index contributed by atoms with van der Waals surface area (Å²) >= 11 is 13.1. The maximum atomic E-state index is 13.6. The molecule has 0 unspecified atom stereocenters. The SMILES string of the molecule is Cc1onc2c1C(=O)NC(NC(=O)OC(C)(C)C)=NCc1cc(Cl)c(c(Cl)c1)NC(=O)CN(C(=O)OC(C)(C)C)C/C=C\COc1ccc-2cc1. The fourth-order valence-electron chi connectivity index (χ4n) is 4.53. The zero-order chi connectivity index (χ0) is 37.5. The monoisotopic (exact) mass is 742 g/mol. The van der Waals surface area contributed by atoms with Crippen LogP contribution in [0.5, 0.6) is 5.75 Å². The van der Waals surface area contributed by atoms with E-state index in [4.69, 9.17) is 41.9 Å². The predicted octanol–water partition coefficient (Wildman–Crippen LogP) is 6.89. The van der Waals surface area contributed by atoms with Crippen molar-refractivity contribution in [3.05, 3.63) is 75.5 Å². The first-order chi connectivity index (χ1) is 23.9. The maximum absolute atomic E-state index is 13.6. The van der Waals surface area contributed by atoms with Crippen LogP contribution in [0.4, 0.5) is 15.3 Å². The molecule has 3 aromatic rings. The zero-order valence-corrected chi connectivity index (χ0v) is 30.8. The van der Waals surface area contributed by atoms with Crippen molar-refractivity contribution in [3.8, 4) is 17.0 Å². The highest BCUT2D eigenvalue weighted by Gasteiger charge is 2.26. The molecule has 4 amide bonds. The second-order valence-corrected chi connectivity index (χ2v) is 14.2. The molecule has 0 fully saturated rings. The van der Waals surface area contributed by atoms with Crippen molar-refractivity contribution in [3.63, 3.8) is 0 Å². The van der Waals surface area contributed by atoms with E-state index < -0.39 is 35.2 Å². The molecule has 4 aliphatic rings.